The quantitative estimate of drug-likeness (QED) is 0.450. The van der Waals surface area contributed by atoms with Crippen molar-refractivity contribution in [3.05, 3.63) is 51.9 Å². The maximum absolute atomic E-state index is 13.7. The standard InChI is InChI=1S/C25H35N5O4/c1-16(2)20(25(4,5)6)29(14-10-13-26-24(32)33)23-27-21-19(17(3)28-34-21)22(31)30(23)15-18-11-8-7-9-12-18/h7-9,11-12,16,20,26H,10,13-15H2,1-6H3,(H,32,33). The number of amides is 1. The number of hydrogen-bond acceptors (Lipinski definition) is 6. The Labute approximate surface area is 199 Å². The molecule has 0 aliphatic heterocycles. The molecule has 0 fully saturated rings. The summed E-state index contributed by atoms with van der Waals surface area (Å²) in [6, 6.07) is 9.80. The lowest BCUT2D eigenvalue weighted by Gasteiger charge is -2.44. The molecule has 3 rings (SSSR count). The first-order valence-corrected chi connectivity index (χ1v) is 11.6. The summed E-state index contributed by atoms with van der Waals surface area (Å²) in [7, 11) is 0. The SMILES string of the molecule is Cc1noc2nc(N(CCCNC(=O)O)C(C(C)C)C(C)(C)C)n(Cc3ccccc3)c(=O)c12. The predicted octanol–water partition coefficient (Wildman–Crippen LogP) is 4.28. The van der Waals surface area contributed by atoms with Gasteiger partial charge in [0.15, 0.2) is 0 Å². The molecule has 2 N–H and O–H groups in total. The highest BCUT2D eigenvalue weighted by Crippen LogP contribution is 2.33. The van der Waals surface area contributed by atoms with Gasteiger partial charge in [-0.15, -0.1) is 0 Å². The lowest BCUT2D eigenvalue weighted by atomic mass is 9.79. The number of aryl methyl sites for hydroxylation is 1. The number of anilines is 1. The Morgan fingerprint density at radius 1 is 1.24 bits per heavy atom. The van der Waals surface area contributed by atoms with Crippen molar-refractivity contribution < 1.29 is 14.4 Å². The second-order valence-electron chi connectivity index (χ2n) is 10.1. The highest BCUT2D eigenvalue weighted by atomic mass is 16.5. The number of aromatic nitrogens is 3. The van der Waals surface area contributed by atoms with Crippen molar-refractivity contribution in [1.29, 1.82) is 0 Å². The van der Waals surface area contributed by atoms with Gasteiger partial charge >= 0.3 is 6.09 Å². The van der Waals surface area contributed by atoms with Crippen LogP contribution in [0.1, 0.15) is 52.3 Å². The molecule has 184 valence electrons. The Bertz CT molecular complexity index is 1180. The molecule has 1 amide bonds. The monoisotopic (exact) mass is 469 g/mol. The summed E-state index contributed by atoms with van der Waals surface area (Å²) in [5.41, 5.74) is 1.36. The maximum Gasteiger partial charge on any atom is 0.404 e. The van der Waals surface area contributed by atoms with E-state index < -0.39 is 6.09 Å². The zero-order valence-electron chi connectivity index (χ0n) is 20.8. The molecule has 9 nitrogen and oxygen atoms in total. The molecule has 0 spiro atoms. The van der Waals surface area contributed by atoms with E-state index in [0.29, 0.717) is 43.1 Å². The van der Waals surface area contributed by atoms with Gasteiger partial charge in [0.2, 0.25) is 5.95 Å². The summed E-state index contributed by atoms with van der Waals surface area (Å²) in [6.07, 6.45) is -0.499. The molecule has 0 radical (unpaired) electrons. The van der Waals surface area contributed by atoms with Crippen molar-refractivity contribution in [3.8, 4) is 0 Å². The van der Waals surface area contributed by atoms with Gasteiger partial charge in [0.25, 0.3) is 11.3 Å². The molecule has 1 aromatic carbocycles. The zero-order valence-corrected chi connectivity index (χ0v) is 20.8. The highest BCUT2D eigenvalue weighted by molar-refractivity contribution is 5.75. The van der Waals surface area contributed by atoms with Crippen LogP contribution in [-0.4, -0.2) is 45.0 Å². The van der Waals surface area contributed by atoms with Gasteiger partial charge in [0.05, 0.1) is 12.2 Å². The first-order chi connectivity index (χ1) is 16.0. The Kier molecular flexibility index (Phi) is 7.64. The summed E-state index contributed by atoms with van der Waals surface area (Å²) < 4.78 is 7.11. The second-order valence-corrected chi connectivity index (χ2v) is 10.1. The fourth-order valence-electron chi connectivity index (χ4n) is 4.82. The molecule has 0 bridgehead atoms. The topological polar surface area (TPSA) is 113 Å². The van der Waals surface area contributed by atoms with E-state index in [2.05, 4.69) is 50.0 Å². The lowest BCUT2D eigenvalue weighted by Crippen LogP contribution is -2.50. The fraction of sp³-hybridized carbons (Fsp3) is 0.520. The van der Waals surface area contributed by atoms with Crippen molar-refractivity contribution in [2.24, 2.45) is 11.3 Å². The zero-order chi connectivity index (χ0) is 25.0. The summed E-state index contributed by atoms with van der Waals surface area (Å²) in [5, 5.41) is 15.8. The van der Waals surface area contributed by atoms with E-state index in [4.69, 9.17) is 14.6 Å². The van der Waals surface area contributed by atoms with E-state index in [9.17, 15) is 9.59 Å². The number of nitrogens with zero attached hydrogens (tertiary/aromatic N) is 4. The first-order valence-electron chi connectivity index (χ1n) is 11.6. The Balaban J connectivity index is 2.19. The van der Waals surface area contributed by atoms with Crippen molar-refractivity contribution in [1.82, 2.24) is 20.0 Å². The molecule has 0 aliphatic carbocycles. The fourth-order valence-corrected chi connectivity index (χ4v) is 4.82. The average molecular weight is 470 g/mol. The van der Waals surface area contributed by atoms with Crippen LogP contribution in [0.3, 0.4) is 0 Å². The Morgan fingerprint density at radius 2 is 1.91 bits per heavy atom. The molecule has 2 aromatic heterocycles. The third kappa shape index (κ3) is 5.58. The van der Waals surface area contributed by atoms with Gasteiger partial charge in [-0.05, 0) is 30.2 Å². The Morgan fingerprint density at radius 3 is 2.50 bits per heavy atom. The van der Waals surface area contributed by atoms with Crippen LogP contribution in [-0.2, 0) is 6.54 Å². The van der Waals surface area contributed by atoms with E-state index in [1.807, 2.05) is 30.3 Å². The molecular weight excluding hydrogens is 434 g/mol. The molecule has 0 aliphatic rings. The van der Waals surface area contributed by atoms with E-state index in [1.165, 1.54) is 0 Å². The molecule has 2 heterocycles. The van der Waals surface area contributed by atoms with Gasteiger partial charge in [-0.2, -0.15) is 4.98 Å². The molecule has 1 atom stereocenters. The van der Waals surface area contributed by atoms with Crippen molar-refractivity contribution in [2.75, 3.05) is 18.0 Å². The summed E-state index contributed by atoms with van der Waals surface area (Å²) in [4.78, 5) is 31.6. The van der Waals surface area contributed by atoms with Crippen LogP contribution in [0.5, 0.6) is 0 Å². The summed E-state index contributed by atoms with van der Waals surface area (Å²) in [5.74, 6) is 0.739. The van der Waals surface area contributed by atoms with E-state index in [-0.39, 0.29) is 28.6 Å². The van der Waals surface area contributed by atoms with Gasteiger partial charge in [0, 0.05) is 19.1 Å². The van der Waals surface area contributed by atoms with Crippen molar-refractivity contribution >= 4 is 23.1 Å². The smallest absolute Gasteiger partial charge is 0.404 e. The van der Waals surface area contributed by atoms with E-state index in [1.54, 1.807) is 11.5 Å². The third-order valence-corrected chi connectivity index (χ3v) is 5.89. The number of carbonyl (C=O) groups is 1. The predicted molar refractivity (Wildman–Crippen MR) is 132 cm³/mol. The van der Waals surface area contributed by atoms with Crippen molar-refractivity contribution in [2.45, 2.75) is 60.5 Å². The number of fused-ring (bicyclic) bond motifs is 1. The van der Waals surface area contributed by atoms with Crippen LogP contribution < -0.4 is 15.8 Å². The average Bonchev–Trinajstić information content (AvgIpc) is 3.12. The minimum absolute atomic E-state index is 0.0210. The number of hydrogen-bond donors (Lipinski definition) is 2. The van der Waals surface area contributed by atoms with Crippen LogP contribution >= 0.6 is 0 Å². The van der Waals surface area contributed by atoms with Crippen LogP contribution in [0.15, 0.2) is 39.6 Å². The van der Waals surface area contributed by atoms with Crippen LogP contribution in [0, 0.1) is 18.3 Å². The third-order valence-electron chi connectivity index (χ3n) is 5.89. The minimum atomic E-state index is -1.06. The molecule has 9 heteroatoms. The summed E-state index contributed by atoms with van der Waals surface area (Å²) in [6.45, 7) is 13.7. The van der Waals surface area contributed by atoms with Crippen molar-refractivity contribution in [3.63, 3.8) is 0 Å². The maximum atomic E-state index is 13.7. The minimum Gasteiger partial charge on any atom is -0.465 e. The number of benzene rings is 1. The lowest BCUT2D eigenvalue weighted by molar-refractivity contribution is 0.194. The largest absolute Gasteiger partial charge is 0.465 e. The molecule has 3 aromatic rings. The molecule has 34 heavy (non-hydrogen) atoms. The molecule has 0 saturated carbocycles. The second kappa shape index (κ2) is 10.3. The Hall–Kier alpha value is -3.36. The van der Waals surface area contributed by atoms with Gasteiger partial charge in [0.1, 0.15) is 5.39 Å². The van der Waals surface area contributed by atoms with E-state index >= 15 is 0 Å². The van der Waals surface area contributed by atoms with E-state index in [0.717, 1.165) is 5.56 Å². The number of carboxylic acid groups (broad SMARTS) is 1. The van der Waals surface area contributed by atoms with Crippen LogP contribution in [0.2, 0.25) is 0 Å². The normalized spacial score (nSPS) is 12.8. The van der Waals surface area contributed by atoms with Crippen LogP contribution in [0.25, 0.3) is 11.1 Å². The van der Waals surface area contributed by atoms with Crippen LogP contribution in [0.4, 0.5) is 10.7 Å². The molecule has 1 unspecified atom stereocenters. The van der Waals surface area contributed by atoms with Gasteiger partial charge in [-0.3, -0.25) is 9.36 Å². The van der Waals surface area contributed by atoms with Gasteiger partial charge < -0.3 is 19.8 Å². The first kappa shape index (κ1) is 25.3. The molecule has 0 saturated heterocycles. The van der Waals surface area contributed by atoms with Gasteiger partial charge in [-0.25, -0.2) is 4.79 Å². The molecular formula is C25H35N5O4. The highest BCUT2D eigenvalue weighted by Gasteiger charge is 2.35. The summed E-state index contributed by atoms with van der Waals surface area (Å²) >= 11 is 0. The number of rotatable bonds is 9. The van der Waals surface area contributed by atoms with Gasteiger partial charge in [-0.1, -0.05) is 70.1 Å². The number of nitrogens with one attached hydrogen (secondary N) is 1.